The third-order valence-corrected chi connectivity index (χ3v) is 1.89. The molecule has 0 unspecified atom stereocenters. The molecule has 0 amide bonds. The normalized spacial score (nSPS) is 9.07. The Morgan fingerprint density at radius 3 is 2.93 bits per heavy atom. The van der Waals surface area contributed by atoms with Gasteiger partial charge in [0, 0.05) is 11.1 Å². The van der Waals surface area contributed by atoms with E-state index in [1.165, 1.54) is 0 Å². The molecule has 74 valence electrons. The van der Waals surface area contributed by atoms with Crippen molar-refractivity contribution in [3.63, 3.8) is 0 Å². The molecule has 0 aliphatic rings. The van der Waals surface area contributed by atoms with Gasteiger partial charge in [0.1, 0.15) is 5.75 Å². The minimum absolute atomic E-state index is 0.654. The van der Waals surface area contributed by atoms with E-state index in [2.05, 4.69) is 17.2 Å². The first-order valence-electron chi connectivity index (χ1n) is 4.25. The van der Waals surface area contributed by atoms with Crippen molar-refractivity contribution < 1.29 is 4.74 Å². The van der Waals surface area contributed by atoms with Gasteiger partial charge in [0.25, 0.3) is 0 Å². The highest BCUT2D eigenvalue weighted by Crippen LogP contribution is 2.21. The van der Waals surface area contributed by atoms with Crippen molar-refractivity contribution in [1.29, 1.82) is 0 Å². The van der Waals surface area contributed by atoms with Gasteiger partial charge in [0.15, 0.2) is 0 Å². The molecule has 0 saturated heterocycles. The van der Waals surface area contributed by atoms with Crippen LogP contribution >= 0.6 is 11.6 Å². The number of nitrogens with one attached hydrogen (secondary N) is 1. The largest absolute Gasteiger partial charge is 0.495 e. The standard InChI is InChI=1S/C11H12ClNO/c1-13-7-3-4-9-5-6-10(12)8-11(9)14-2/h5-6,8,13H,7H2,1-2H3. The van der Waals surface area contributed by atoms with Crippen LogP contribution in [-0.4, -0.2) is 20.7 Å². The van der Waals surface area contributed by atoms with Crippen LogP contribution in [0.4, 0.5) is 0 Å². The van der Waals surface area contributed by atoms with Crippen LogP contribution in [0.5, 0.6) is 5.75 Å². The molecule has 14 heavy (non-hydrogen) atoms. The molecule has 1 rings (SSSR count). The number of ether oxygens (including phenoxy) is 1. The summed E-state index contributed by atoms with van der Waals surface area (Å²) < 4.78 is 5.15. The lowest BCUT2D eigenvalue weighted by atomic mass is 10.2. The summed E-state index contributed by atoms with van der Waals surface area (Å²) in [6, 6.07) is 5.40. The van der Waals surface area contributed by atoms with Crippen LogP contribution in [0.25, 0.3) is 0 Å². The van der Waals surface area contributed by atoms with Gasteiger partial charge in [0.2, 0.25) is 0 Å². The highest BCUT2D eigenvalue weighted by molar-refractivity contribution is 6.30. The summed E-state index contributed by atoms with van der Waals surface area (Å²) in [5, 5.41) is 3.60. The van der Waals surface area contributed by atoms with Crippen molar-refractivity contribution in [2.24, 2.45) is 0 Å². The molecule has 1 N–H and O–H groups in total. The monoisotopic (exact) mass is 209 g/mol. The zero-order valence-electron chi connectivity index (χ0n) is 8.23. The Balaban J connectivity index is 2.92. The molecule has 0 saturated carbocycles. The number of benzene rings is 1. The SMILES string of the molecule is CNCC#Cc1ccc(Cl)cc1OC. The summed E-state index contributed by atoms with van der Waals surface area (Å²) in [5.41, 5.74) is 0.854. The lowest BCUT2D eigenvalue weighted by Gasteiger charge is -2.02. The molecule has 0 aromatic heterocycles. The molecule has 0 aliphatic heterocycles. The maximum Gasteiger partial charge on any atom is 0.135 e. The van der Waals surface area contributed by atoms with Gasteiger partial charge in [-0.25, -0.2) is 0 Å². The number of hydrogen-bond acceptors (Lipinski definition) is 2. The van der Waals surface area contributed by atoms with E-state index in [0.29, 0.717) is 17.3 Å². The van der Waals surface area contributed by atoms with E-state index >= 15 is 0 Å². The maximum absolute atomic E-state index is 5.82. The first-order valence-corrected chi connectivity index (χ1v) is 4.62. The zero-order chi connectivity index (χ0) is 10.4. The summed E-state index contributed by atoms with van der Waals surface area (Å²) in [5.74, 6) is 6.67. The van der Waals surface area contributed by atoms with Gasteiger partial charge in [-0.05, 0) is 19.2 Å². The topological polar surface area (TPSA) is 21.3 Å². The molecule has 0 radical (unpaired) electrons. The quantitative estimate of drug-likeness (QED) is 0.752. The maximum atomic E-state index is 5.82. The minimum Gasteiger partial charge on any atom is -0.495 e. The summed E-state index contributed by atoms with van der Waals surface area (Å²) in [7, 11) is 3.46. The number of halogens is 1. The molecule has 0 atom stereocenters. The molecule has 3 heteroatoms. The van der Waals surface area contributed by atoms with Crippen LogP contribution in [0.15, 0.2) is 18.2 Å². The number of rotatable bonds is 2. The van der Waals surface area contributed by atoms with Crippen molar-refractivity contribution in [3.8, 4) is 17.6 Å². The molecule has 0 fully saturated rings. The highest BCUT2D eigenvalue weighted by atomic mass is 35.5. The fraction of sp³-hybridized carbons (Fsp3) is 0.273. The summed E-state index contributed by atoms with van der Waals surface area (Å²) in [6.45, 7) is 0.659. The van der Waals surface area contributed by atoms with Crippen LogP contribution in [0.2, 0.25) is 5.02 Å². The Kier molecular flexibility index (Phi) is 4.31. The molecule has 0 bridgehead atoms. The summed E-state index contributed by atoms with van der Waals surface area (Å²) >= 11 is 5.82. The predicted octanol–water partition coefficient (Wildman–Crippen LogP) is 1.92. The first-order chi connectivity index (χ1) is 6.77. The Labute approximate surface area is 89.2 Å². The van der Waals surface area contributed by atoms with Crippen molar-refractivity contribution >= 4 is 11.6 Å². The lowest BCUT2D eigenvalue weighted by Crippen LogP contribution is -2.04. The molecule has 2 nitrogen and oxygen atoms in total. The van der Waals surface area contributed by atoms with Crippen LogP contribution in [0, 0.1) is 11.8 Å². The van der Waals surface area contributed by atoms with E-state index in [9.17, 15) is 0 Å². The van der Waals surface area contributed by atoms with Crippen LogP contribution < -0.4 is 10.1 Å². The number of methoxy groups -OCH3 is 1. The molecule has 0 heterocycles. The Bertz CT molecular complexity index is 365. The van der Waals surface area contributed by atoms with Gasteiger partial charge in [-0.15, -0.1) is 0 Å². The molecular weight excluding hydrogens is 198 g/mol. The van der Waals surface area contributed by atoms with Gasteiger partial charge in [-0.1, -0.05) is 23.4 Å². The first kappa shape index (κ1) is 10.9. The van der Waals surface area contributed by atoms with Gasteiger partial charge in [-0.2, -0.15) is 0 Å². The fourth-order valence-corrected chi connectivity index (χ4v) is 1.16. The average Bonchev–Trinajstić information content (AvgIpc) is 2.20. The smallest absolute Gasteiger partial charge is 0.135 e. The van der Waals surface area contributed by atoms with E-state index in [1.807, 2.05) is 13.1 Å². The van der Waals surface area contributed by atoms with Gasteiger partial charge < -0.3 is 10.1 Å². The minimum atomic E-state index is 0.654. The second kappa shape index (κ2) is 5.54. The van der Waals surface area contributed by atoms with Gasteiger partial charge >= 0.3 is 0 Å². The molecular formula is C11H12ClNO. The third kappa shape index (κ3) is 2.95. The van der Waals surface area contributed by atoms with Crippen molar-refractivity contribution in [2.75, 3.05) is 20.7 Å². The Morgan fingerprint density at radius 2 is 2.29 bits per heavy atom. The third-order valence-electron chi connectivity index (χ3n) is 1.65. The summed E-state index contributed by atoms with van der Waals surface area (Å²) in [6.07, 6.45) is 0. The number of hydrogen-bond donors (Lipinski definition) is 1. The lowest BCUT2D eigenvalue weighted by molar-refractivity contribution is 0.413. The molecule has 0 spiro atoms. The van der Waals surface area contributed by atoms with E-state index in [0.717, 1.165) is 5.56 Å². The van der Waals surface area contributed by atoms with Gasteiger partial charge in [0.05, 0.1) is 19.2 Å². The zero-order valence-corrected chi connectivity index (χ0v) is 8.98. The van der Waals surface area contributed by atoms with Crippen molar-refractivity contribution in [2.45, 2.75) is 0 Å². The van der Waals surface area contributed by atoms with E-state index in [4.69, 9.17) is 16.3 Å². The average molecular weight is 210 g/mol. The predicted molar refractivity (Wildman–Crippen MR) is 58.8 cm³/mol. The molecule has 1 aromatic carbocycles. The fourth-order valence-electron chi connectivity index (χ4n) is 0.996. The van der Waals surface area contributed by atoms with Crippen LogP contribution in [0.3, 0.4) is 0 Å². The summed E-state index contributed by atoms with van der Waals surface area (Å²) in [4.78, 5) is 0. The second-order valence-corrected chi connectivity index (χ2v) is 3.11. The Morgan fingerprint density at radius 1 is 1.50 bits per heavy atom. The molecule has 0 aliphatic carbocycles. The van der Waals surface area contributed by atoms with Crippen LogP contribution in [0.1, 0.15) is 5.56 Å². The van der Waals surface area contributed by atoms with Crippen LogP contribution in [-0.2, 0) is 0 Å². The van der Waals surface area contributed by atoms with Crippen molar-refractivity contribution in [3.05, 3.63) is 28.8 Å². The van der Waals surface area contributed by atoms with E-state index in [1.54, 1.807) is 19.2 Å². The Hall–Kier alpha value is -1.17. The van der Waals surface area contributed by atoms with Gasteiger partial charge in [-0.3, -0.25) is 0 Å². The van der Waals surface area contributed by atoms with Crippen molar-refractivity contribution in [1.82, 2.24) is 5.32 Å². The second-order valence-electron chi connectivity index (χ2n) is 2.68. The van der Waals surface area contributed by atoms with E-state index < -0.39 is 0 Å². The highest BCUT2D eigenvalue weighted by Gasteiger charge is 1.99. The van der Waals surface area contributed by atoms with E-state index in [-0.39, 0.29) is 0 Å². The molecule has 1 aromatic rings.